The highest BCUT2D eigenvalue weighted by Crippen LogP contribution is 2.21. The van der Waals surface area contributed by atoms with Gasteiger partial charge in [0, 0.05) is 71.9 Å². The number of aromatic amines is 3. The van der Waals surface area contributed by atoms with Gasteiger partial charge in [0.15, 0.2) is 5.96 Å². The van der Waals surface area contributed by atoms with E-state index in [9.17, 15) is 24.3 Å². The molecule has 0 spiro atoms. The Morgan fingerprint density at radius 3 is 1.86 bits per heavy atom. The fraction of sp³-hybridized carbons (Fsp3) is 0.294. The normalized spacial score (nSPS) is 13.6. The van der Waals surface area contributed by atoms with Crippen molar-refractivity contribution >= 4 is 51.5 Å². The summed E-state index contributed by atoms with van der Waals surface area (Å²) < 4.78 is 0. The van der Waals surface area contributed by atoms with E-state index in [0.717, 1.165) is 27.4 Å². The van der Waals surface area contributed by atoms with Gasteiger partial charge in [-0.1, -0.05) is 36.4 Å². The highest BCUT2D eigenvalue weighted by atomic mass is 16.4. The molecule has 0 aliphatic heterocycles. The van der Waals surface area contributed by atoms with Gasteiger partial charge in [-0.05, 0) is 36.1 Å². The third kappa shape index (κ3) is 9.04. The van der Waals surface area contributed by atoms with Crippen LogP contribution in [0.15, 0.2) is 78.4 Å². The predicted octanol–water partition coefficient (Wildman–Crippen LogP) is 0.320. The summed E-state index contributed by atoms with van der Waals surface area (Å²) in [5, 5.41) is 19.9. The average molecular weight is 684 g/mol. The Morgan fingerprint density at radius 1 is 0.760 bits per heavy atom. The molecule has 4 atom stereocenters. The number of guanidine groups is 1. The summed E-state index contributed by atoms with van der Waals surface area (Å²) in [6.45, 7) is 0.282. The number of carboxylic acid groups (broad SMARTS) is 1. The molecule has 0 aliphatic rings. The number of aromatic nitrogens is 4. The van der Waals surface area contributed by atoms with E-state index in [1.165, 1.54) is 12.5 Å². The Hall–Kier alpha value is -6.16. The fourth-order valence-electron chi connectivity index (χ4n) is 5.75. The quantitative estimate of drug-likeness (QED) is 0.0367. The van der Waals surface area contributed by atoms with Crippen LogP contribution in [-0.2, 0) is 38.4 Å². The number of hydrogen-bond donors (Lipinski definition) is 10. The summed E-state index contributed by atoms with van der Waals surface area (Å²) in [7, 11) is 0. The number of fused-ring (bicyclic) bond motifs is 2. The van der Waals surface area contributed by atoms with Crippen molar-refractivity contribution in [1.82, 2.24) is 35.9 Å². The van der Waals surface area contributed by atoms with Crippen LogP contribution in [0.2, 0.25) is 0 Å². The minimum Gasteiger partial charge on any atom is -0.480 e. The number of nitrogens with zero attached hydrogens (tertiary/aromatic N) is 2. The molecule has 3 amide bonds. The zero-order valence-electron chi connectivity index (χ0n) is 27.2. The third-order valence-electron chi connectivity index (χ3n) is 8.36. The van der Waals surface area contributed by atoms with Gasteiger partial charge in [0.1, 0.15) is 18.1 Å². The molecule has 13 N–H and O–H groups in total. The molecular formula is C34H41N11O5. The molecular weight excluding hydrogens is 642 g/mol. The summed E-state index contributed by atoms with van der Waals surface area (Å²) in [6.07, 6.45) is 7.11. The van der Waals surface area contributed by atoms with Crippen molar-refractivity contribution < 1.29 is 24.3 Å². The number of amides is 3. The zero-order chi connectivity index (χ0) is 35.6. The molecule has 16 nitrogen and oxygen atoms in total. The number of imidazole rings is 1. The van der Waals surface area contributed by atoms with Crippen LogP contribution in [0.1, 0.15) is 29.7 Å². The number of H-pyrrole nitrogens is 3. The topological polar surface area (TPSA) is 275 Å². The predicted molar refractivity (Wildman–Crippen MR) is 188 cm³/mol. The molecule has 3 heterocycles. The Bertz CT molecular complexity index is 1960. The molecule has 0 radical (unpaired) electrons. The summed E-state index contributed by atoms with van der Waals surface area (Å²) in [6, 6.07) is 10.3. The van der Waals surface area contributed by atoms with Crippen LogP contribution in [0.3, 0.4) is 0 Å². The van der Waals surface area contributed by atoms with Crippen molar-refractivity contribution in [2.24, 2.45) is 22.2 Å². The molecule has 2 aromatic carbocycles. The van der Waals surface area contributed by atoms with Crippen molar-refractivity contribution in [2.45, 2.75) is 56.3 Å². The summed E-state index contributed by atoms with van der Waals surface area (Å²) >= 11 is 0. The lowest BCUT2D eigenvalue weighted by molar-refractivity contribution is -0.142. The molecule has 5 rings (SSSR count). The number of aliphatic carboxylic acids is 1. The van der Waals surface area contributed by atoms with Crippen LogP contribution in [0, 0.1) is 0 Å². The number of carbonyl (C=O) groups is 4. The molecule has 0 saturated heterocycles. The van der Waals surface area contributed by atoms with Gasteiger partial charge in [-0.3, -0.25) is 19.4 Å². The number of rotatable bonds is 17. The SMILES string of the molecule is NC(N)=NCCCC(N)C(=O)NC(Cc1c[nH]c2ccccc12)C(=O)NC(Cc1cnc[nH]1)C(=O)NC(Cc1c[nH]c2ccccc12)C(=O)O. The number of benzene rings is 2. The van der Waals surface area contributed by atoms with Gasteiger partial charge in [-0.25, -0.2) is 9.78 Å². The van der Waals surface area contributed by atoms with Crippen LogP contribution in [-0.4, -0.2) is 85.4 Å². The lowest BCUT2D eigenvalue weighted by atomic mass is 10.0. The smallest absolute Gasteiger partial charge is 0.326 e. The highest BCUT2D eigenvalue weighted by Gasteiger charge is 2.32. The van der Waals surface area contributed by atoms with Crippen molar-refractivity contribution in [2.75, 3.05) is 6.54 Å². The van der Waals surface area contributed by atoms with E-state index in [1.807, 2.05) is 48.5 Å². The monoisotopic (exact) mass is 683 g/mol. The second kappa shape index (κ2) is 16.3. The first-order valence-electron chi connectivity index (χ1n) is 16.1. The minimum absolute atomic E-state index is 0.00384. The summed E-state index contributed by atoms with van der Waals surface area (Å²) in [5.41, 5.74) is 20.6. The van der Waals surface area contributed by atoms with Crippen molar-refractivity contribution in [3.63, 3.8) is 0 Å². The number of nitrogens with two attached hydrogens (primary N) is 3. The number of nitrogens with one attached hydrogen (secondary N) is 6. The van der Waals surface area contributed by atoms with E-state index in [4.69, 9.17) is 17.2 Å². The van der Waals surface area contributed by atoms with Crippen LogP contribution < -0.4 is 33.2 Å². The van der Waals surface area contributed by atoms with Gasteiger partial charge < -0.3 is 53.2 Å². The number of carbonyl (C=O) groups excluding carboxylic acids is 3. The first-order valence-corrected chi connectivity index (χ1v) is 16.1. The van der Waals surface area contributed by atoms with E-state index in [2.05, 4.69) is 40.9 Å². The highest BCUT2D eigenvalue weighted by molar-refractivity contribution is 5.95. The van der Waals surface area contributed by atoms with Gasteiger partial charge in [0.05, 0.1) is 12.4 Å². The number of hydrogen-bond acceptors (Lipinski definition) is 7. The average Bonchev–Trinajstić information content (AvgIpc) is 3.86. The van der Waals surface area contributed by atoms with E-state index in [0.29, 0.717) is 17.7 Å². The Morgan fingerprint density at radius 2 is 1.30 bits per heavy atom. The number of para-hydroxylation sites is 2. The number of aliphatic imine (C=N–C) groups is 1. The maximum Gasteiger partial charge on any atom is 0.326 e. The van der Waals surface area contributed by atoms with E-state index < -0.39 is 47.9 Å². The van der Waals surface area contributed by atoms with Crippen LogP contribution in [0.25, 0.3) is 21.8 Å². The van der Waals surface area contributed by atoms with Gasteiger partial charge in [0.25, 0.3) is 0 Å². The van der Waals surface area contributed by atoms with Gasteiger partial charge >= 0.3 is 5.97 Å². The van der Waals surface area contributed by atoms with Gasteiger partial charge in [0.2, 0.25) is 17.7 Å². The van der Waals surface area contributed by atoms with E-state index in [1.54, 1.807) is 12.4 Å². The molecule has 0 saturated carbocycles. The second-order valence-electron chi connectivity index (χ2n) is 12.0. The molecule has 5 aromatic rings. The van der Waals surface area contributed by atoms with Crippen molar-refractivity contribution in [1.29, 1.82) is 0 Å². The van der Waals surface area contributed by atoms with Crippen LogP contribution in [0.5, 0.6) is 0 Å². The third-order valence-corrected chi connectivity index (χ3v) is 8.36. The minimum atomic E-state index is -1.30. The maximum absolute atomic E-state index is 14.0. The molecule has 0 bridgehead atoms. The summed E-state index contributed by atoms with van der Waals surface area (Å²) in [4.78, 5) is 70.5. The van der Waals surface area contributed by atoms with Gasteiger partial charge in [-0.15, -0.1) is 0 Å². The summed E-state index contributed by atoms with van der Waals surface area (Å²) in [5.74, 6) is -3.28. The molecule has 262 valence electrons. The largest absolute Gasteiger partial charge is 0.480 e. The standard InChI is InChI=1S/C34H41N11O5/c35-24(8-5-11-39-34(36)37)30(46)43-27(12-19-15-40-25-9-3-1-6-22(19)25)31(47)44-28(14-21-17-38-18-42-21)32(48)45-29(33(49)50)13-20-16-41-26-10-4-2-7-23(20)26/h1-4,6-7,9-10,15-18,24,27-29,40-41H,5,8,11-14,35H2,(H,38,42)(H,43,46)(H,44,47)(H,45,48)(H,49,50)(H4,36,37,39). The maximum atomic E-state index is 14.0. The van der Waals surface area contributed by atoms with Crippen molar-refractivity contribution in [3.8, 4) is 0 Å². The van der Waals surface area contributed by atoms with Crippen molar-refractivity contribution in [3.05, 3.63) is 90.3 Å². The lowest BCUT2D eigenvalue weighted by Gasteiger charge is -2.25. The Balaban J connectivity index is 1.35. The molecule has 4 unspecified atom stereocenters. The Labute approximate surface area is 286 Å². The molecule has 50 heavy (non-hydrogen) atoms. The zero-order valence-corrected chi connectivity index (χ0v) is 27.2. The van der Waals surface area contributed by atoms with Crippen LogP contribution in [0.4, 0.5) is 0 Å². The van der Waals surface area contributed by atoms with E-state index in [-0.39, 0.29) is 38.2 Å². The number of carboxylic acids is 1. The van der Waals surface area contributed by atoms with E-state index >= 15 is 0 Å². The molecule has 0 fully saturated rings. The fourth-order valence-corrected chi connectivity index (χ4v) is 5.75. The molecule has 16 heteroatoms. The lowest BCUT2D eigenvalue weighted by Crippen LogP contribution is -2.58. The van der Waals surface area contributed by atoms with Gasteiger partial charge in [-0.2, -0.15) is 0 Å². The van der Waals surface area contributed by atoms with Crippen LogP contribution >= 0.6 is 0 Å². The molecule has 3 aromatic heterocycles. The Kier molecular flexibility index (Phi) is 11.5. The second-order valence-corrected chi connectivity index (χ2v) is 12.0. The molecule has 0 aliphatic carbocycles. The first kappa shape index (κ1) is 35.2. The first-order chi connectivity index (χ1) is 24.1.